The molecule has 1 aliphatic rings. The van der Waals surface area contributed by atoms with Gasteiger partial charge in [-0.2, -0.15) is 0 Å². The normalized spacial score (nSPS) is 20.1. The maximum atomic E-state index is 6.02. The SMILES string of the molecule is CCC1CCCN(c2cc(CCl)cc(C(C)C)n2)C1. The summed E-state index contributed by atoms with van der Waals surface area (Å²) in [5.74, 6) is 2.96. The van der Waals surface area contributed by atoms with Gasteiger partial charge in [0.15, 0.2) is 0 Å². The number of aromatic nitrogens is 1. The summed E-state index contributed by atoms with van der Waals surface area (Å²) >= 11 is 6.02. The molecular formula is C16H25ClN2. The summed E-state index contributed by atoms with van der Waals surface area (Å²) in [7, 11) is 0. The number of alkyl halides is 1. The lowest BCUT2D eigenvalue weighted by Gasteiger charge is -2.33. The van der Waals surface area contributed by atoms with Crippen LogP contribution in [-0.2, 0) is 5.88 Å². The molecule has 1 fully saturated rings. The fourth-order valence-corrected chi connectivity index (χ4v) is 2.89. The van der Waals surface area contributed by atoms with E-state index >= 15 is 0 Å². The molecule has 0 bridgehead atoms. The Balaban J connectivity index is 2.25. The second-order valence-electron chi connectivity index (χ2n) is 5.91. The third-order valence-corrected chi connectivity index (χ3v) is 4.37. The highest BCUT2D eigenvalue weighted by Crippen LogP contribution is 2.26. The molecule has 0 aliphatic carbocycles. The van der Waals surface area contributed by atoms with Crippen molar-refractivity contribution in [2.24, 2.45) is 5.92 Å². The number of hydrogen-bond donors (Lipinski definition) is 0. The van der Waals surface area contributed by atoms with E-state index in [1.807, 2.05) is 0 Å². The van der Waals surface area contributed by atoms with E-state index in [0.717, 1.165) is 30.5 Å². The van der Waals surface area contributed by atoms with E-state index in [2.05, 4.69) is 37.8 Å². The molecule has 2 heterocycles. The van der Waals surface area contributed by atoms with E-state index < -0.39 is 0 Å². The number of nitrogens with zero attached hydrogens (tertiary/aromatic N) is 2. The fraction of sp³-hybridized carbons (Fsp3) is 0.688. The monoisotopic (exact) mass is 280 g/mol. The molecule has 0 N–H and O–H groups in total. The van der Waals surface area contributed by atoms with Crippen LogP contribution < -0.4 is 4.90 Å². The molecule has 0 spiro atoms. The Morgan fingerprint density at radius 2 is 2.21 bits per heavy atom. The van der Waals surface area contributed by atoms with Crippen LogP contribution in [0.5, 0.6) is 0 Å². The summed E-state index contributed by atoms with van der Waals surface area (Å²) < 4.78 is 0. The minimum atomic E-state index is 0.452. The van der Waals surface area contributed by atoms with E-state index in [-0.39, 0.29) is 0 Å². The Bertz CT molecular complexity index is 417. The van der Waals surface area contributed by atoms with Gasteiger partial charge in [-0.25, -0.2) is 4.98 Å². The van der Waals surface area contributed by atoms with Crippen LogP contribution in [0.4, 0.5) is 5.82 Å². The first-order valence-electron chi connectivity index (χ1n) is 7.45. The molecule has 3 heteroatoms. The summed E-state index contributed by atoms with van der Waals surface area (Å²) in [5, 5.41) is 0. The van der Waals surface area contributed by atoms with Crippen molar-refractivity contribution in [2.75, 3.05) is 18.0 Å². The molecule has 2 rings (SSSR count). The zero-order valence-electron chi connectivity index (χ0n) is 12.3. The van der Waals surface area contributed by atoms with Gasteiger partial charge in [-0.05, 0) is 42.4 Å². The summed E-state index contributed by atoms with van der Waals surface area (Å²) in [5.41, 5.74) is 2.35. The van der Waals surface area contributed by atoms with Crippen LogP contribution in [0.15, 0.2) is 12.1 Å². The highest BCUT2D eigenvalue weighted by Gasteiger charge is 2.20. The quantitative estimate of drug-likeness (QED) is 0.751. The molecule has 0 amide bonds. The van der Waals surface area contributed by atoms with Crippen LogP contribution in [-0.4, -0.2) is 18.1 Å². The van der Waals surface area contributed by atoms with Crippen LogP contribution in [0.1, 0.15) is 57.2 Å². The minimum absolute atomic E-state index is 0.452. The summed E-state index contributed by atoms with van der Waals surface area (Å²) in [6.07, 6.45) is 3.91. The Hall–Kier alpha value is -0.760. The largest absolute Gasteiger partial charge is 0.356 e. The topological polar surface area (TPSA) is 16.1 Å². The lowest BCUT2D eigenvalue weighted by atomic mass is 9.95. The van der Waals surface area contributed by atoms with E-state index in [1.165, 1.54) is 24.8 Å². The average molecular weight is 281 g/mol. The molecule has 19 heavy (non-hydrogen) atoms. The molecule has 1 atom stereocenters. The van der Waals surface area contributed by atoms with Crippen molar-refractivity contribution in [1.82, 2.24) is 4.98 Å². The predicted octanol–water partition coefficient (Wildman–Crippen LogP) is 4.57. The van der Waals surface area contributed by atoms with Gasteiger partial charge in [-0.1, -0.05) is 27.2 Å². The van der Waals surface area contributed by atoms with Crippen LogP contribution in [0, 0.1) is 5.92 Å². The van der Waals surface area contributed by atoms with Crippen molar-refractivity contribution >= 4 is 17.4 Å². The third kappa shape index (κ3) is 3.62. The molecule has 1 aliphatic heterocycles. The average Bonchev–Trinajstić information content (AvgIpc) is 2.46. The number of anilines is 1. The van der Waals surface area contributed by atoms with Gasteiger partial charge in [0.25, 0.3) is 0 Å². The Kier molecular flexibility index (Phi) is 5.09. The Labute approximate surface area is 122 Å². The maximum absolute atomic E-state index is 6.02. The lowest BCUT2D eigenvalue weighted by molar-refractivity contribution is 0.402. The molecule has 1 aromatic heterocycles. The number of piperidine rings is 1. The van der Waals surface area contributed by atoms with E-state index in [4.69, 9.17) is 16.6 Å². The standard InChI is InChI=1S/C16H25ClN2/c1-4-13-6-5-7-19(11-13)16-9-14(10-17)8-15(18-16)12(2)3/h8-9,12-13H,4-7,10-11H2,1-3H3. The zero-order valence-corrected chi connectivity index (χ0v) is 13.1. The van der Waals surface area contributed by atoms with Crippen LogP contribution in [0.3, 0.4) is 0 Å². The predicted molar refractivity (Wildman–Crippen MR) is 83.1 cm³/mol. The van der Waals surface area contributed by atoms with Gasteiger partial charge in [0.2, 0.25) is 0 Å². The van der Waals surface area contributed by atoms with E-state index in [0.29, 0.717) is 11.8 Å². The van der Waals surface area contributed by atoms with Crippen LogP contribution >= 0.6 is 11.6 Å². The first kappa shape index (κ1) is 14.6. The van der Waals surface area contributed by atoms with Gasteiger partial charge in [-0.15, -0.1) is 11.6 Å². The lowest BCUT2D eigenvalue weighted by Crippen LogP contribution is -2.35. The minimum Gasteiger partial charge on any atom is -0.356 e. The molecular weight excluding hydrogens is 256 g/mol. The van der Waals surface area contributed by atoms with Gasteiger partial charge in [0.1, 0.15) is 5.82 Å². The molecule has 0 saturated carbocycles. The van der Waals surface area contributed by atoms with Crippen molar-refractivity contribution in [3.05, 3.63) is 23.4 Å². The van der Waals surface area contributed by atoms with Gasteiger partial charge in [0.05, 0.1) is 0 Å². The third-order valence-electron chi connectivity index (χ3n) is 4.06. The number of pyridine rings is 1. The Morgan fingerprint density at radius 3 is 2.84 bits per heavy atom. The van der Waals surface area contributed by atoms with E-state index in [1.54, 1.807) is 0 Å². The molecule has 0 radical (unpaired) electrons. The van der Waals surface area contributed by atoms with Crippen molar-refractivity contribution < 1.29 is 0 Å². The maximum Gasteiger partial charge on any atom is 0.129 e. The van der Waals surface area contributed by atoms with Gasteiger partial charge in [0, 0.05) is 24.7 Å². The highest BCUT2D eigenvalue weighted by molar-refractivity contribution is 6.17. The van der Waals surface area contributed by atoms with Crippen molar-refractivity contribution in [1.29, 1.82) is 0 Å². The van der Waals surface area contributed by atoms with Crippen molar-refractivity contribution in [2.45, 2.75) is 51.8 Å². The number of hydrogen-bond acceptors (Lipinski definition) is 2. The van der Waals surface area contributed by atoms with Gasteiger partial charge in [-0.3, -0.25) is 0 Å². The molecule has 2 nitrogen and oxygen atoms in total. The first-order valence-corrected chi connectivity index (χ1v) is 7.99. The van der Waals surface area contributed by atoms with Gasteiger partial charge < -0.3 is 4.90 Å². The summed E-state index contributed by atoms with van der Waals surface area (Å²) in [4.78, 5) is 7.28. The number of rotatable bonds is 4. The molecule has 0 aromatic carbocycles. The summed E-state index contributed by atoms with van der Waals surface area (Å²) in [6.45, 7) is 8.94. The zero-order chi connectivity index (χ0) is 13.8. The number of halogens is 1. The summed E-state index contributed by atoms with van der Waals surface area (Å²) in [6, 6.07) is 4.30. The molecule has 1 saturated heterocycles. The second kappa shape index (κ2) is 6.60. The fourth-order valence-electron chi connectivity index (χ4n) is 2.74. The van der Waals surface area contributed by atoms with E-state index in [9.17, 15) is 0 Å². The molecule has 1 aromatic rings. The van der Waals surface area contributed by atoms with Gasteiger partial charge >= 0.3 is 0 Å². The molecule has 106 valence electrons. The second-order valence-corrected chi connectivity index (χ2v) is 6.18. The van der Waals surface area contributed by atoms with Crippen LogP contribution in [0.25, 0.3) is 0 Å². The first-order chi connectivity index (χ1) is 9.13. The Morgan fingerprint density at radius 1 is 1.42 bits per heavy atom. The van der Waals surface area contributed by atoms with Crippen molar-refractivity contribution in [3.63, 3.8) is 0 Å². The van der Waals surface area contributed by atoms with Crippen LogP contribution in [0.2, 0.25) is 0 Å². The smallest absolute Gasteiger partial charge is 0.129 e. The van der Waals surface area contributed by atoms with Crippen molar-refractivity contribution in [3.8, 4) is 0 Å². The molecule has 1 unspecified atom stereocenters. The highest BCUT2D eigenvalue weighted by atomic mass is 35.5.